The summed E-state index contributed by atoms with van der Waals surface area (Å²) in [5.74, 6) is 1.96. The standard InChI is InChI=1S/C18H24N2O/c21-18(17-11-14-6-3-4-8-16(14)19-17)20-10-9-13-5-1-2-7-15(13)12-20/h3-4,6,8,13,15,17,19H,1-2,5,7,9-12H2/t13?,15?,17-/m0/s1. The Hall–Kier alpha value is -1.51. The summed E-state index contributed by atoms with van der Waals surface area (Å²) in [4.78, 5) is 14.9. The zero-order valence-electron chi connectivity index (χ0n) is 12.6. The molecule has 3 heteroatoms. The second kappa shape index (κ2) is 5.36. The summed E-state index contributed by atoms with van der Waals surface area (Å²) in [6, 6.07) is 8.26. The first-order valence-corrected chi connectivity index (χ1v) is 8.44. The summed E-state index contributed by atoms with van der Waals surface area (Å²) in [6.45, 7) is 1.96. The highest BCUT2D eigenvalue weighted by atomic mass is 16.2. The Kier molecular flexibility index (Phi) is 3.36. The third kappa shape index (κ3) is 2.43. The van der Waals surface area contributed by atoms with Crippen LogP contribution < -0.4 is 5.32 Å². The van der Waals surface area contributed by atoms with Crippen molar-refractivity contribution in [2.45, 2.75) is 44.6 Å². The number of rotatable bonds is 1. The molecule has 0 radical (unpaired) electrons. The fraction of sp³-hybridized carbons (Fsp3) is 0.611. The van der Waals surface area contributed by atoms with Crippen LogP contribution in [0.3, 0.4) is 0 Å². The third-order valence-electron chi connectivity index (χ3n) is 5.67. The van der Waals surface area contributed by atoms with Gasteiger partial charge in [-0.2, -0.15) is 0 Å². The van der Waals surface area contributed by atoms with Crippen molar-refractivity contribution < 1.29 is 4.79 Å². The van der Waals surface area contributed by atoms with Crippen molar-refractivity contribution in [1.29, 1.82) is 0 Å². The van der Waals surface area contributed by atoms with Crippen LogP contribution >= 0.6 is 0 Å². The Balaban J connectivity index is 1.42. The maximum atomic E-state index is 12.8. The number of hydrogen-bond donors (Lipinski definition) is 1. The van der Waals surface area contributed by atoms with E-state index >= 15 is 0 Å². The number of carbonyl (C=O) groups is 1. The van der Waals surface area contributed by atoms with Crippen molar-refractivity contribution in [3.05, 3.63) is 29.8 Å². The first-order valence-electron chi connectivity index (χ1n) is 8.44. The Morgan fingerprint density at radius 2 is 1.90 bits per heavy atom. The Morgan fingerprint density at radius 3 is 2.76 bits per heavy atom. The lowest BCUT2D eigenvalue weighted by molar-refractivity contribution is -0.135. The minimum Gasteiger partial charge on any atom is -0.373 e. The summed E-state index contributed by atoms with van der Waals surface area (Å²) in [6.07, 6.45) is 7.53. The van der Waals surface area contributed by atoms with E-state index in [4.69, 9.17) is 0 Å². The molecule has 3 aliphatic rings. The van der Waals surface area contributed by atoms with Gasteiger partial charge in [0.15, 0.2) is 0 Å². The number of anilines is 1. The summed E-state index contributed by atoms with van der Waals surface area (Å²) < 4.78 is 0. The number of piperidine rings is 1. The number of hydrogen-bond acceptors (Lipinski definition) is 2. The molecule has 2 unspecified atom stereocenters. The van der Waals surface area contributed by atoms with Crippen LogP contribution in [-0.4, -0.2) is 29.9 Å². The van der Waals surface area contributed by atoms with Gasteiger partial charge in [-0.05, 0) is 36.3 Å². The maximum Gasteiger partial charge on any atom is 0.245 e. The number of nitrogens with zero attached hydrogens (tertiary/aromatic N) is 1. The van der Waals surface area contributed by atoms with E-state index in [2.05, 4.69) is 28.4 Å². The second-order valence-corrected chi connectivity index (χ2v) is 6.94. The number of carbonyl (C=O) groups excluding carboxylic acids is 1. The molecule has 1 saturated heterocycles. The predicted molar refractivity (Wildman–Crippen MR) is 84.2 cm³/mol. The molecule has 1 saturated carbocycles. The minimum atomic E-state index is -0.0393. The van der Waals surface area contributed by atoms with Gasteiger partial charge in [0.25, 0.3) is 0 Å². The maximum absolute atomic E-state index is 12.8. The molecule has 1 aliphatic carbocycles. The van der Waals surface area contributed by atoms with Crippen LogP contribution in [0, 0.1) is 11.8 Å². The Morgan fingerprint density at radius 1 is 1.10 bits per heavy atom. The molecule has 0 aromatic heterocycles. The van der Waals surface area contributed by atoms with Gasteiger partial charge in [-0.15, -0.1) is 0 Å². The predicted octanol–water partition coefficient (Wildman–Crippen LogP) is 3.06. The zero-order valence-corrected chi connectivity index (χ0v) is 12.6. The molecule has 4 rings (SSSR count). The van der Waals surface area contributed by atoms with Crippen LogP contribution in [0.5, 0.6) is 0 Å². The molecule has 0 spiro atoms. The van der Waals surface area contributed by atoms with Gasteiger partial charge < -0.3 is 10.2 Å². The lowest BCUT2D eigenvalue weighted by atomic mass is 9.75. The highest BCUT2D eigenvalue weighted by Crippen LogP contribution is 2.36. The monoisotopic (exact) mass is 284 g/mol. The van der Waals surface area contributed by atoms with Gasteiger partial charge in [-0.1, -0.05) is 37.5 Å². The molecule has 2 heterocycles. The highest BCUT2D eigenvalue weighted by Gasteiger charge is 2.36. The highest BCUT2D eigenvalue weighted by molar-refractivity contribution is 5.87. The zero-order chi connectivity index (χ0) is 14.2. The van der Waals surface area contributed by atoms with Crippen LogP contribution in [0.4, 0.5) is 5.69 Å². The molecular formula is C18H24N2O. The van der Waals surface area contributed by atoms with E-state index in [0.29, 0.717) is 5.91 Å². The van der Waals surface area contributed by atoms with E-state index in [9.17, 15) is 4.79 Å². The van der Waals surface area contributed by atoms with Crippen molar-refractivity contribution >= 4 is 11.6 Å². The van der Waals surface area contributed by atoms with Gasteiger partial charge in [-0.3, -0.25) is 4.79 Å². The number of amides is 1. The van der Waals surface area contributed by atoms with Gasteiger partial charge in [0.2, 0.25) is 5.91 Å². The van der Waals surface area contributed by atoms with Crippen molar-refractivity contribution in [1.82, 2.24) is 4.90 Å². The first kappa shape index (κ1) is 13.2. The van der Waals surface area contributed by atoms with Crippen molar-refractivity contribution in [2.75, 3.05) is 18.4 Å². The number of likely N-dealkylation sites (tertiary alicyclic amines) is 1. The molecule has 2 aliphatic heterocycles. The van der Waals surface area contributed by atoms with Gasteiger partial charge >= 0.3 is 0 Å². The summed E-state index contributed by atoms with van der Waals surface area (Å²) in [5, 5.41) is 3.41. The molecule has 1 amide bonds. The van der Waals surface area contributed by atoms with E-state index in [-0.39, 0.29) is 6.04 Å². The average Bonchev–Trinajstić information content (AvgIpc) is 2.97. The van der Waals surface area contributed by atoms with Gasteiger partial charge in [-0.25, -0.2) is 0 Å². The lowest BCUT2D eigenvalue weighted by Crippen LogP contribution is -2.49. The van der Waals surface area contributed by atoms with Crippen LogP contribution in [0.2, 0.25) is 0 Å². The molecule has 1 aromatic carbocycles. The molecule has 21 heavy (non-hydrogen) atoms. The largest absolute Gasteiger partial charge is 0.373 e. The normalized spacial score (nSPS) is 31.2. The van der Waals surface area contributed by atoms with E-state index in [0.717, 1.165) is 37.0 Å². The molecule has 3 atom stereocenters. The van der Waals surface area contributed by atoms with Crippen LogP contribution in [0.25, 0.3) is 0 Å². The number of para-hydroxylation sites is 1. The van der Waals surface area contributed by atoms with Crippen molar-refractivity contribution in [3.8, 4) is 0 Å². The second-order valence-electron chi connectivity index (χ2n) is 6.94. The number of benzene rings is 1. The number of nitrogens with one attached hydrogen (secondary N) is 1. The van der Waals surface area contributed by atoms with Crippen molar-refractivity contribution in [3.63, 3.8) is 0 Å². The SMILES string of the molecule is O=C([C@@H]1Cc2ccccc2N1)N1CCC2CCCCC2C1. The summed E-state index contributed by atoms with van der Waals surface area (Å²) >= 11 is 0. The minimum absolute atomic E-state index is 0.0393. The van der Waals surface area contributed by atoms with Crippen LogP contribution in [0.15, 0.2) is 24.3 Å². The molecule has 112 valence electrons. The summed E-state index contributed by atoms with van der Waals surface area (Å²) in [5.41, 5.74) is 2.42. The van der Waals surface area contributed by atoms with Crippen LogP contribution in [-0.2, 0) is 11.2 Å². The smallest absolute Gasteiger partial charge is 0.245 e. The molecule has 1 aromatic rings. The third-order valence-corrected chi connectivity index (χ3v) is 5.67. The van der Waals surface area contributed by atoms with Gasteiger partial charge in [0.05, 0.1) is 0 Å². The van der Waals surface area contributed by atoms with Crippen molar-refractivity contribution in [2.24, 2.45) is 11.8 Å². The molecule has 2 fully saturated rings. The first-order chi connectivity index (χ1) is 10.3. The molecule has 0 bridgehead atoms. The molecule has 3 nitrogen and oxygen atoms in total. The topological polar surface area (TPSA) is 32.3 Å². The fourth-order valence-corrected chi connectivity index (χ4v) is 4.47. The van der Waals surface area contributed by atoms with E-state index in [1.165, 1.54) is 37.7 Å². The quantitative estimate of drug-likeness (QED) is 0.859. The molecule has 1 N–H and O–H groups in total. The Bertz CT molecular complexity index is 517. The fourth-order valence-electron chi connectivity index (χ4n) is 4.47. The van der Waals surface area contributed by atoms with E-state index in [1.807, 2.05) is 6.07 Å². The van der Waals surface area contributed by atoms with E-state index < -0.39 is 0 Å². The molecular weight excluding hydrogens is 260 g/mol. The number of fused-ring (bicyclic) bond motifs is 2. The summed E-state index contributed by atoms with van der Waals surface area (Å²) in [7, 11) is 0. The van der Waals surface area contributed by atoms with Gasteiger partial charge in [0.1, 0.15) is 6.04 Å². The average molecular weight is 284 g/mol. The van der Waals surface area contributed by atoms with Gasteiger partial charge in [0, 0.05) is 25.2 Å². The van der Waals surface area contributed by atoms with E-state index in [1.54, 1.807) is 0 Å². The van der Waals surface area contributed by atoms with Crippen LogP contribution in [0.1, 0.15) is 37.7 Å². The lowest BCUT2D eigenvalue weighted by Gasteiger charge is -2.42. The Labute approximate surface area is 126 Å².